The molecule has 1 aliphatic carbocycles. The van der Waals surface area contributed by atoms with E-state index in [1.165, 1.54) is 16.8 Å². The minimum atomic E-state index is -0.560. The van der Waals surface area contributed by atoms with E-state index in [-0.39, 0.29) is 23.2 Å². The van der Waals surface area contributed by atoms with Crippen LogP contribution in [0.2, 0.25) is 0 Å². The highest BCUT2D eigenvalue weighted by Gasteiger charge is 2.23. The third-order valence-electron chi connectivity index (χ3n) is 5.69. The molecule has 0 unspecified atom stereocenters. The molecule has 1 aromatic carbocycles. The highest BCUT2D eigenvalue weighted by molar-refractivity contribution is 6.08. The monoisotopic (exact) mass is 406 g/mol. The Hall–Kier alpha value is -3.62. The van der Waals surface area contributed by atoms with Crippen LogP contribution in [0.15, 0.2) is 43.0 Å². The minimum Gasteiger partial charge on any atom is -0.319 e. The van der Waals surface area contributed by atoms with Gasteiger partial charge in [-0.05, 0) is 37.8 Å². The summed E-state index contributed by atoms with van der Waals surface area (Å²) >= 11 is 0. The average Bonchev–Trinajstić information content (AvgIpc) is 3.38. The van der Waals surface area contributed by atoms with Gasteiger partial charge in [-0.3, -0.25) is 9.48 Å². The first-order valence-corrected chi connectivity index (χ1v) is 9.86. The fourth-order valence-electron chi connectivity index (χ4n) is 4.03. The summed E-state index contributed by atoms with van der Waals surface area (Å²) in [6.45, 7) is 0. The van der Waals surface area contributed by atoms with Gasteiger partial charge in [-0.1, -0.05) is 0 Å². The van der Waals surface area contributed by atoms with Crippen molar-refractivity contribution in [2.24, 2.45) is 5.92 Å². The molecule has 8 nitrogen and oxygen atoms in total. The summed E-state index contributed by atoms with van der Waals surface area (Å²) in [6.07, 6.45) is 11.0. The number of fused-ring (bicyclic) bond motifs is 2. The van der Waals surface area contributed by atoms with Crippen molar-refractivity contribution in [3.8, 4) is 0 Å². The van der Waals surface area contributed by atoms with Crippen molar-refractivity contribution in [3.05, 3.63) is 54.4 Å². The van der Waals surface area contributed by atoms with Gasteiger partial charge in [-0.2, -0.15) is 10.2 Å². The van der Waals surface area contributed by atoms with Gasteiger partial charge in [0, 0.05) is 36.0 Å². The van der Waals surface area contributed by atoms with E-state index in [0.29, 0.717) is 11.2 Å². The maximum absolute atomic E-state index is 14.6. The lowest BCUT2D eigenvalue weighted by Gasteiger charge is -2.25. The maximum atomic E-state index is 14.6. The molecule has 3 heterocycles. The van der Waals surface area contributed by atoms with E-state index in [1.54, 1.807) is 24.5 Å². The molecule has 1 N–H and O–H groups in total. The van der Waals surface area contributed by atoms with Gasteiger partial charge in [-0.15, -0.1) is 0 Å². The number of anilines is 1. The first-order valence-electron chi connectivity index (χ1n) is 9.86. The molecular formula is C21H19FN6O2. The molecule has 0 atom stereocenters. The number of amides is 1. The Morgan fingerprint density at radius 1 is 1.23 bits per heavy atom. The van der Waals surface area contributed by atoms with E-state index >= 15 is 0 Å². The van der Waals surface area contributed by atoms with Crippen LogP contribution in [-0.4, -0.2) is 36.6 Å². The first-order chi connectivity index (χ1) is 14.6. The van der Waals surface area contributed by atoms with Crippen molar-refractivity contribution in [3.63, 3.8) is 0 Å². The second-order valence-electron chi connectivity index (χ2n) is 7.60. The molecule has 1 saturated carbocycles. The van der Waals surface area contributed by atoms with Crippen LogP contribution in [0.25, 0.3) is 16.6 Å². The highest BCUT2D eigenvalue weighted by atomic mass is 19.1. The van der Waals surface area contributed by atoms with Gasteiger partial charge >= 0.3 is 0 Å². The minimum absolute atomic E-state index is 0.0759. The van der Waals surface area contributed by atoms with Crippen LogP contribution < -0.4 is 5.32 Å². The number of aromatic nitrogens is 5. The summed E-state index contributed by atoms with van der Waals surface area (Å²) in [5, 5.41) is 12.0. The topological polar surface area (TPSA) is 94.2 Å². The lowest BCUT2D eigenvalue weighted by atomic mass is 9.87. The normalized spacial score (nSPS) is 19.2. The molecule has 30 heavy (non-hydrogen) atoms. The van der Waals surface area contributed by atoms with Crippen molar-refractivity contribution in [1.82, 2.24) is 24.4 Å². The van der Waals surface area contributed by atoms with Crippen LogP contribution in [0, 0.1) is 11.7 Å². The molecule has 0 saturated heterocycles. The Labute approximate surface area is 170 Å². The standard InChI is InChI=1S/C21H19FN6O2/c22-17-9-18-14(11-28(26-18)15-4-2-13(12-29)3-5-15)8-19(17)25-21(30)16-10-24-27-7-1-6-23-20(16)27/h1,6-13,15H,2-5H2,(H,25,30)/t13-,15-. The number of hydrogen-bond acceptors (Lipinski definition) is 5. The number of nitrogens with zero attached hydrogens (tertiary/aromatic N) is 5. The predicted molar refractivity (Wildman–Crippen MR) is 108 cm³/mol. The van der Waals surface area contributed by atoms with Crippen molar-refractivity contribution < 1.29 is 14.0 Å². The lowest BCUT2D eigenvalue weighted by molar-refractivity contribution is -0.112. The van der Waals surface area contributed by atoms with Crippen LogP contribution >= 0.6 is 0 Å². The van der Waals surface area contributed by atoms with E-state index in [9.17, 15) is 14.0 Å². The van der Waals surface area contributed by atoms with E-state index in [0.717, 1.165) is 37.4 Å². The second kappa shape index (κ2) is 7.33. The molecule has 1 fully saturated rings. The molecule has 3 aromatic heterocycles. The van der Waals surface area contributed by atoms with Gasteiger partial charge in [0.2, 0.25) is 0 Å². The summed E-state index contributed by atoms with van der Waals surface area (Å²) in [7, 11) is 0. The quantitative estimate of drug-likeness (QED) is 0.524. The van der Waals surface area contributed by atoms with E-state index in [2.05, 4.69) is 20.5 Å². The van der Waals surface area contributed by atoms with Crippen molar-refractivity contribution >= 4 is 34.4 Å². The lowest BCUT2D eigenvalue weighted by Crippen LogP contribution is -2.19. The van der Waals surface area contributed by atoms with Gasteiger partial charge in [0.05, 0.1) is 23.4 Å². The molecule has 0 aliphatic heterocycles. The number of rotatable bonds is 4. The maximum Gasteiger partial charge on any atom is 0.261 e. The molecule has 1 aliphatic rings. The van der Waals surface area contributed by atoms with Gasteiger partial charge in [0.1, 0.15) is 17.7 Å². The summed E-state index contributed by atoms with van der Waals surface area (Å²) in [4.78, 5) is 27.8. The Morgan fingerprint density at radius 3 is 2.87 bits per heavy atom. The summed E-state index contributed by atoms with van der Waals surface area (Å²) in [5.41, 5.74) is 1.26. The molecule has 5 rings (SSSR count). The third-order valence-corrected chi connectivity index (χ3v) is 5.69. The number of hydrogen-bond donors (Lipinski definition) is 1. The molecule has 1 amide bonds. The van der Waals surface area contributed by atoms with Crippen LogP contribution in [0.5, 0.6) is 0 Å². The zero-order valence-electron chi connectivity index (χ0n) is 16.0. The van der Waals surface area contributed by atoms with Crippen LogP contribution in [0.1, 0.15) is 42.1 Å². The Kier molecular flexibility index (Phi) is 4.50. The Morgan fingerprint density at radius 2 is 2.07 bits per heavy atom. The summed E-state index contributed by atoms with van der Waals surface area (Å²) in [5.74, 6) is -0.920. The SMILES string of the molecule is O=C[C@H]1CC[C@H](n2cc3cc(NC(=O)c4cnn5cccnc45)c(F)cc3n2)CC1. The highest BCUT2D eigenvalue weighted by Crippen LogP contribution is 2.32. The van der Waals surface area contributed by atoms with Gasteiger partial charge in [-0.25, -0.2) is 13.9 Å². The number of carbonyl (C=O) groups is 2. The van der Waals surface area contributed by atoms with E-state index < -0.39 is 11.7 Å². The van der Waals surface area contributed by atoms with Crippen molar-refractivity contribution in [2.75, 3.05) is 5.32 Å². The second-order valence-corrected chi connectivity index (χ2v) is 7.60. The largest absolute Gasteiger partial charge is 0.319 e. The predicted octanol–water partition coefficient (Wildman–Crippen LogP) is 3.40. The molecular weight excluding hydrogens is 387 g/mol. The van der Waals surface area contributed by atoms with E-state index in [4.69, 9.17) is 0 Å². The smallest absolute Gasteiger partial charge is 0.261 e. The molecule has 0 radical (unpaired) electrons. The fourth-order valence-corrected chi connectivity index (χ4v) is 4.03. The number of aldehydes is 1. The molecule has 4 aromatic rings. The van der Waals surface area contributed by atoms with Gasteiger partial charge in [0.15, 0.2) is 5.65 Å². The number of benzene rings is 1. The molecule has 9 heteroatoms. The average molecular weight is 406 g/mol. The van der Waals surface area contributed by atoms with Gasteiger partial charge in [0.25, 0.3) is 5.91 Å². The van der Waals surface area contributed by atoms with Gasteiger partial charge < -0.3 is 10.1 Å². The zero-order chi connectivity index (χ0) is 20.7. The Balaban J connectivity index is 1.40. The molecule has 152 valence electrons. The van der Waals surface area contributed by atoms with E-state index in [1.807, 2.05) is 10.9 Å². The summed E-state index contributed by atoms with van der Waals surface area (Å²) in [6, 6.07) is 4.81. The van der Waals surface area contributed by atoms with Crippen molar-refractivity contribution in [2.45, 2.75) is 31.7 Å². The number of halogens is 1. The first kappa shape index (κ1) is 18.4. The Bertz CT molecular complexity index is 1260. The van der Waals surface area contributed by atoms with Crippen LogP contribution in [0.4, 0.5) is 10.1 Å². The summed E-state index contributed by atoms with van der Waals surface area (Å²) < 4.78 is 18.0. The molecule has 0 spiro atoms. The number of carbonyl (C=O) groups excluding carboxylic acids is 2. The number of nitrogens with one attached hydrogen (secondary N) is 1. The van der Waals surface area contributed by atoms with Crippen LogP contribution in [0.3, 0.4) is 0 Å². The third kappa shape index (κ3) is 3.22. The zero-order valence-corrected chi connectivity index (χ0v) is 16.0. The van der Waals surface area contributed by atoms with Crippen molar-refractivity contribution in [1.29, 1.82) is 0 Å². The van der Waals surface area contributed by atoms with Crippen LogP contribution in [-0.2, 0) is 4.79 Å². The fraction of sp³-hybridized carbons (Fsp3) is 0.286. The molecule has 0 bridgehead atoms.